The molecule has 1 atom stereocenters. The standard InChI is InChI=1S/C17H20N6/c1-10-7-11(2)21-14-8-12(13-5-3-4-6-20-13)9-15(16(10)14)22-23-17(18)19/h3-7,12H,8-9H2,1-2H3,(H4,18,19,23). The number of guanidine groups is 1. The molecular weight excluding hydrogens is 288 g/mol. The van der Waals surface area contributed by atoms with Crippen LogP contribution in [0, 0.1) is 13.8 Å². The molecule has 6 nitrogen and oxygen atoms in total. The first-order valence-electron chi connectivity index (χ1n) is 7.58. The van der Waals surface area contributed by atoms with Crippen LogP contribution < -0.4 is 11.5 Å². The number of pyridine rings is 2. The fourth-order valence-electron chi connectivity index (χ4n) is 3.13. The summed E-state index contributed by atoms with van der Waals surface area (Å²) in [6.07, 6.45) is 3.40. The number of hydrogen-bond acceptors (Lipinski definition) is 4. The van der Waals surface area contributed by atoms with E-state index in [1.165, 1.54) is 0 Å². The first-order chi connectivity index (χ1) is 11.0. The summed E-state index contributed by atoms with van der Waals surface area (Å²) < 4.78 is 0. The van der Waals surface area contributed by atoms with Gasteiger partial charge in [-0.05, 0) is 44.0 Å². The average molecular weight is 308 g/mol. The highest BCUT2D eigenvalue weighted by Gasteiger charge is 2.28. The zero-order valence-corrected chi connectivity index (χ0v) is 13.3. The van der Waals surface area contributed by atoms with Crippen LogP contribution in [0.15, 0.2) is 40.7 Å². The summed E-state index contributed by atoms with van der Waals surface area (Å²) in [5.74, 6) is 0.182. The molecule has 0 saturated carbocycles. The Balaban J connectivity index is 2.09. The van der Waals surface area contributed by atoms with E-state index in [0.29, 0.717) is 0 Å². The molecule has 0 bridgehead atoms. The van der Waals surface area contributed by atoms with Crippen LogP contribution in [-0.2, 0) is 6.42 Å². The van der Waals surface area contributed by atoms with Gasteiger partial charge in [0.2, 0.25) is 5.96 Å². The predicted molar refractivity (Wildman–Crippen MR) is 91.4 cm³/mol. The van der Waals surface area contributed by atoms with Crippen LogP contribution in [0.4, 0.5) is 0 Å². The van der Waals surface area contributed by atoms with Crippen molar-refractivity contribution in [3.05, 3.63) is 58.7 Å². The molecule has 0 aromatic carbocycles. The summed E-state index contributed by atoms with van der Waals surface area (Å²) in [6.45, 7) is 4.07. The number of rotatable bonds is 2. The molecule has 0 amide bonds. The first-order valence-corrected chi connectivity index (χ1v) is 7.58. The minimum Gasteiger partial charge on any atom is -0.369 e. The summed E-state index contributed by atoms with van der Waals surface area (Å²) in [4.78, 5) is 9.19. The molecule has 0 aliphatic heterocycles. The topological polar surface area (TPSA) is 103 Å². The Bertz CT molecular complexity index is 775. The molecule has 2 heterocycles. The number of fused-ring (bicyclic) bond motifs is 1. The Morgan fingerprint density at radius 2 is 2.04 bits per heavy atom. The van der Waals surface area contributed by atoms with Crippen molar-refractivity contribution < 1.29 is 0 Å². The number of aromatic nitrogens is 2. The van der Waals surface area contributed by atoms with Crippen LogP contribution >= 0.6 is 0 Å². The van der Waals surface area contributed by atoms with E-state index in [2.05, 4.69) is 28.2 Å². The monoisotopic (exact) mass is 308 g/mol. The van der Waals surface area contributed by atoms with Gasteiger partial charge < -0.3 is 11.5 Å². The minimum absolute atomic E-state index is 0.0447. The normalized spacial score (nSPS) is 18.5. The molecule has 0 spiro atoms. The van der Waals surface area contributed by atoms with Crippen LogP contribution in [0.25, 0.3) is 0 Å². The molecule has 1 aliphatic rings. The van der Waals surface area contributed by atoms with Gasteiger partial charge >= 0.3 is 0 Å². The average Bonchev–Trinajstić information content (AvgIpc) is 2.52. The van der Waals surface area contributed by atoms with Crippen molar-refractivity contribution in [3.63, 3.8) is 0 Å². The maximum absolute atomic E-state index is 5.43. The van der Waals surface area contributed by atoms with Crippen molar-refractivity contribution in [3.8, 4) is 0 Å². The lowest BCUT2D eigenvalue weighted by molar-refractivity contribution is 0.655. The van der Waals surface area contributed by atoms with Crippen molar-refractivity contribution >= 4 is 11.7 Å². The Kier molecular flexibility index (Phi) is 4.06. The lowest BCUT2D eigenvalue weighted by Crippen LogP contribution is -2.25. The number of aryl methyl sites for hydroxylation is 2. The third-order valence-corrected chi connectivity index (χ3v) is 3.98. The van der Waals surface area contributed by atoms with Gasteiger partial charge in [-0.25, -0.2) is 0 Å². The number of nitrogens with zero attached hydrogens (tertiary/aromatic N) is 4. The molecule has 0 saturated heterocycles. The van der Waals surface area contributed by atoms with Crippen LogP contribution in [0.5, 0.6) is 0 Å². The molecular formula is C17H20N6. The third kappa shape index (κ3) is 3.21. The van der Waals surface area contributed by atoms with Crippen molar-refractivity contribution in [1.29, 1.82) is 0 Å². The van der Waals surface area contributed by atoms with Crippen molar-refractivity contribution in [1.82, 2.24) is 9.97 Å². The summed E-state index contributed by atoms with van der Waals surface area (Å²) in [5, 5.41) is 8.13. The highest BCUT2D eigenvalue weighted by molar-refractivity contribution is 6.04. The largest absolute Gasteiger partial charge is 0.369 e. The zero-order chi connectivity index (χ0) is 16.4. The van der Waals surface area contributed by atoms with Crippen LogP contribution in [0.1, 0.15) is 40.5 Å². The Labute approximate surface area is 135 Å². The number of hydrogen-bond donors (Lipinski definition) is 2. The van der Waals surface area contributed by atoms with Crippen molar-refractivity contribution in [2.75, 3.05) is 0 Å². The van der Waals surface area contributed by atoms with Crippen LogP contribution in [-0.4, -0.2) is 21.6 Å². The van der Waals surface area contributed by atoms with E-state index in [-0.39, 0.29) is 11.9 Å². The molecule has 4 N–H and O–H groups in total. The van der Waals surface area contributed by atoms with Gasteiger partial charge in [0, 0.05) is 35.5 Å². The predicted octanol–water partition coefficient (Wildman–Crippen LogP) is 1.80. The number of nitrogens with two attached hydrogens (primary N) is 2. The second-order valence-electron chi connectivity index (χ2n) is 5.83. The lowest BCUT2D eigenvalue weighted by atomic mass is 9.81. The SMILES string of the molecule is Cc1cc(C)c2c(n1)CC(c1ccccn1)CC2=NN=C(N)N. The molecule has 118 valence electrons. The fraction of sp³-hybridized carbons (Fsp3) is 0.294. The summed E-state index contributed by atoms with van der Waals surface area (Å²) >= 11 is 0. The first kappa shape index (κ1) is 15.1. The second kappa shape index (κ2) is 6.16. The van der Waals surface area contributed by atoms with Crippen LogP contribution in [0.3, 0.4) is 0 Å². The molecule has 2 aromatic heterocycles. The van der Waals surface area contributed by atoms with Gasteiger partial charge in [-0.15, -0.1) is 5.10 Å². The Morgan fingerprint density at radius 1 is 1.22 bits per heavy atom. The van der Waals surface area contributed by atoms with E-state index in [4.69, 9.17) is 16.5 Å². The molecule has 23 heavy (non-hydrogen) atoms. The van der Waals surface area contributed by atoms with Gasteiger partial charge in [0.05, 0.1) is 11.4 Å². The van der Waals surface area contributed by atoms with Gasteiger partial charge in [-0.2, -0.15) is 5.10 Å². The molecule has 2 aromatic rings. The van der Waals surface area contributed by atoms with Gasteiger partial charge in [0.25, 0.3) is 0 Å². The summed E-state index contributed by atoms with van der Waals surface area (Å²) in [7, 11) is 0. The third-order valence-electron chi connectivity index (χ3n) is 3.98. The van der Waals surface area contributed by atoms with Crippen molar-refractivity contribution in [2.45, 2.75) is 32.6 Å². The molecule has 0 fully saturated rings. The van der Waals surface area contributed by atoms with Gasteiger partial charge in [0.1, 0.15) is 0 Å². The van der Waals surface area contributed by atoms with E-state index in [1.807, 2.05) is 31.3 Å². The van der Waals surface area contributed by atoms with Gasteiger partial charge in [0.15, 0.2) is 0 Å². The summed E-state index contributed by atoms with van der Waals surface area (Å²) in [6, 6.07) is 8.02. The fourth-order valence-corrected chi connectivity index (χ4v) is 3.13. The lowest BCUT2D eigenvalue weighted by Gasteiger charge is -2.26. The van der Waals surface area contributed by atoms with Gasteiger partial charge in [-0.3, -0.25) is 9.97 Å². The minimum atomic E-state index is -0.0447. The molecule has 1 aliphatic carbocycles. The Morgan fingerprint density at radius 3 is 2.74 bits per heavy atom. The molecule has 3 rings (SSSR count). The van der Waals surface area contributed by atoms with Crippen LogP contribution in [0.2, 0.25) is 0 Å². The highest BCUT2D eigenvalue weighted by atomic mass is 15.3. The smallest absolute Gasteiger partial charge is 0.211 e. The molecule has 1 unspecified atom stereocenters. The van der Waals surface area contributed by atoms with E-state index >= 15 is 0 Å². The zero-order valence-electron chi connectivity index (χ0n) is 13.3. The quantitative estimate of drug-likeness (QED) is 0.501. The van der Waals surface area contributed by atoms with Crippen molar-refractivity contribution in [2.24, 2.45) is 21.7 Å². The maximum atomic E-state index is 5.43. The van der Waals surface area contributed by atoms with E-state index in [0.717, 1.165) is 46.8 Å². The van der Waals surface area contributed by atoms with E-state index < -0.39 is 0 Å². The highest BCUT2D eigenvalue weighted by Crippen LogP contribution is 2.33. The molecule has 6 heteroatoms. The maximum Gasteiger partial charge on any atom is 0.211 e. The van der Waals surface area contributed by atoms with E-state index in [9.17, 15) is 0 Å². The summed E-state index contributed by atoms with van der Waals surface area (Å²) in [5.41, 5.74) is 17.0. The molecule has 0 radical (unpaired) electrons. The Hall–Kier alpha value is -2.76. The van der Waals surface area contributed by atoms with E-state index in [1.54, 1.807) is 0 Å². The van der Waals surface area contributed by atoms with Gasteiger partial charge in [-0.1, -0.05) is 6.07 Å². The second-order valence-corrected chi connectivity index (χ2v) is 5.83.